The van der Waals surface area contributed by atoms with Gasteiger partial charge >= 0.3 is 11.9 Å². The summed E-state index contributed by atoms with van der Waals surface area (Å²) in [6.45, 7) is 5.02. The molecule has 1 atom stereocenters. The number of carboxylic acids is 1. The highest BCUT2D eigenvalue weighted by molar-refractivity contribution is 6.03. The standard InChI is InChI=1S/C21H25N3O6/c1-21(2,3)30-16(26)10-24-9-15(25)17-14(22-23-18(17)19(24)20(27)28)12-29-11-13-7-5-4-6-8-13/h4-8,19H,9-12H2,1-3H3,(H,22,23)(H,27,28). The maximum atomic E-state index is 12.7. The maximum Gasteiger partial charge on any atom is 0.327 e. The average molecular weight is 415 g/mol. The molecule has 9 heteroatoms. The van der Waals surface area contributed by atoms with E-state index in [-0.39, 0.29) is 36.7 Å². The van der Waals surface area contributed by atoms with Gasteiger partial charge in [0.05, 0.1) is 37.6 Å². The fourth-order valence-electron chi connectivity index (χ4n) is 3.34. The first-order chi connectivity index (χ1) is 14.2. The number of benzene rings is 1. The molecule has 0 radical (unpaired) electrons. The predicted molar refractivity (Wildman–Crippen MR) is 106 cm³/mol. The molecule has 0 amide bonds. The smallest absolute Gasteiger partial charge is 0.327 e. The lowest BCUT2D eigenvalue weighted by molar-refractivity contribution is -0.158. The van der Waals surface area contributed by atoms with Crippen LogP contribution in [0.15, 0.2) is 30.3 Å². The van der Waals surface area contributed by atoms with Crippen LogP contribution in [0.3, 0.4) is 0 Å². The summed E-state index contributed by atoms with van der Waals surface area (Å²) in [5, 5.41) is 16.5. The number of rotatable bonds is 7. The van der Waals surface area contributed by atoms with Gasteiger partial charge in [0, 0.05) is 0 Å². The Morgan fingerprint density at radius 3 is 2.57 bits per heavy atom. The van der Waals surface area contributed by atoms with Gasteiger partial charge in [-0.15, -0.1) is 0 Å². The number of aromatic nitrogens is 2. The van der Waals surface area contributed by atoms with E-state index < -0.39 is 23.6 Å². The number of nitrogens with zero attached hydrogens (tertiary/aromatic N) is 2. The lowest BCUT2D eigenvalue weighted by Gasteiger charge is -2.31. The number of carbonyl (C=O) groups is 3. The van der Waals surface area contributed by atoms with Crippen LogP contribution in [-0.4, -0.2) is 56.6 Å². The Balaban J connectivity index is 1.75. The molecule has 3 rings (SSSR count). The van der Waals surface area contributed by atoms with Crippen molar-refractivity contribution < 1.29 is 29.0 Å². The van der Waals surface area contributed by atoms with Gasteiger partial charge in [-0.05, 0) is 26.3 Å². The van der Waals surface area contributed by atoms with E-state index in [2.05, 4.69) is 10.2 Å². The second kappa shape index (κ2) is 8.76. The molecule has 160 valence electrons. The van der Waals surface area contributed by atoms with Crippen molar-refractivity contribution >= 4 is 17.7 Å². The van der Waals surface area contributed by atoms with Crippen LogP contribution in [-0.2, 0) is 32.3 Å². The fraction of sp³-hybridized carbons (Fsp3) is 0.429. The SMILES string of the molecule is CC(C)(C)OC(=O)CN1CC(=O)c2c(n[nH]c2COCc2ccccc2)C1C(=O)O. The lowest BCUT2D eigenvalue weighted by Crippen LogP contribution is -2.46. The molecule has 2 aromatic rings. The highest BCUT2D eigenvalue weighted by Crippen LogP contribution is 2.31. The van der Waals surface area contributed by atoms with Crippen molar-refractivity contribution in [3.05, 3.63) is 52.8 Å². The molecule has 0 spiro atoms. The third-order valence-electron chi connectivity index (χ3n) is 4.46. The van der Waals surface area contributed by atoms with Gasteiger partial charge in [0.2, 0.25) is 0 Å². The van der Waals surface area contributed by atoms with Crippen LogP contribution in [0, 0.1) is 0 Å². The molecule has 1 aromatic carbocycles. The average Bonchev–Trinajstić information content (AvgIpc) is 3.05. The molecule has 0 saturated carbocycles. The first-order valence-electron chi connectivity index (χ1n) is 9.56. The highest BCUT2D eigenvalue weighted by Gasteiger charge is 2.41. The molecule has 9 nitrogen and oxygen atoms in total. The molecule has 2 N–H and O–H groups in total. The number of H-pyrrole nitrogens is 1. The minimum atomic E-state index is -1.23. The summed E-state index contributed by atoms with van der Waals surface area (Å²) in [6.07, 6.45) is 0. The van der Waals surface area contributed by atoms with Crippen LogP contribution in [0.2, 0.25) is 0 Å². The Hall–Kier alpha value is -3.04. The van der Waals surface area contributed by atoms with Crippen LogP contribution in [0.4, 0.5) is 0 Å². The van der Waals surface area contributed by atoms with Crippen molar-refractivity contribution in [1.82, 2.24) is 15.1 Å². The zero-order valence-corrected chi connectivity index (χ0v) is 17.2. The summed E-state index contributed by atoms with van der Waals surface area (Å²) < 4.78 is 10.9. The van der Waals surface area contributed by atoms with Crippen molar-refractivity contribution in [3.8, 4) is 0 Å². The van der Waals surface area contributed by atoms with Gasteiger partial charge in [-0.3, -0.25) is 24.4 Å². The number of hydrogen-bond acceptors (Lipinski definition) is 7. The van der Waals surface area contributed by atoms with Gasteiger partial charge < -0.3 is 14.6 Å². The summed E-state index contributed by atoms with van der Waals surface area (Å²) in [5.74, 6) is -2.12. The van der Waals surface area contributed by atoms with Crippen LogP contribution in [0.25, 0.3) is 0 Å². The predicted octanol–water partition coefficient (Wildman–Crippen LogP) is 2.09. The number of nitrogens with one attached hydrogen (secondary N) is 1. The quantitative estimate of drug-likeness (QED) is 0.659. The van der Waals surface area contributed by atoms with Gasteiger partial charge in [-0.2, -0.15) is 5.10 Å². The molecule has 0 fully saturated rings. The number of aliphatic carboxylic acids is 1. The molecule has 1 aliphatic heterocycles. The first kappa shape index (κ1) is 21.7. The number of Topliss-reactive ketones (excluding diaryl/α,β-unsaturated/α-hetero) is 1. The van der Waals surface area contributed by atoms with Gasteiger partial charge in [-0.1, -0.05) is 30.3 Å². The Morgan fingerprint density at radius 1 is 1.23 bits per heavy atom. The third kappa shape index (κ3) is 5.11. The first-order valence-corrected chi connectivity index (χ1v) is 9.56. The van der Waals surface area contributed by atoms with E-state index in [1.54, 1.807) is 20.8 Å². The molecule has 1 aromatic heterocycles. The van der Waals surface area contributed by atoms with E-state index in [4.69, 9.17) is 9.47 Å². The van der Waals surface area contributed by atoms with Crippen LogP contribution in [0.5, 0.6) is 0 Å². The Morgan fingerprint density at radius 2 is 1.93 bits per heavy atom. The maximum absolute atomic E-state index is 12.7. The number of esters is 1. The number of fused-ring (bicyclic) bond motifs is 1. The van der Waals surface area contributed by atoms with Crippen LogP contribution < -0.4 is 0 Å². The normalized spacial score (nSPS) is 16.9. The summed E-state index contributed by atoms with van der Waals surface area (Å²) in [4.78, 5) is 38.1. The summed E-state index contributed by atoms with van der Waals surface area (Å²) in [5.41, 5.74) is 0.992. The highest BCUT2D eigenvalue weighted by atomic mass is 16.6. The van der Waals surface area contributed by atoms with Crippen molar-refractivity contribution in [2.75, 3.05) is 13.1 Å². The summed E-state index contributed by atoms with van der Waals surface area (Å²) in [7, 11) is 0. The van der Waals surface area contributed by atoms with Gasteiger partial charge in [0.15, 0.2) is 11.8 Å². The van der Waals surface area contributed by atoms with E-state index in [1.807, 2.05) is 30.3 Å². The number of ketones is 1. The van der Waals surface area contributed by atoms with E-state index in [0.29, 0.717) is 12.3 Å². The molecular weight excluding hydrogens is 390 g/mol. The van der Waals surface area contributed by atoms with Crippen molar-refractivity contribution in [1.29, 1.82) is 0 Å². The Bertz CT molecular complexity index is 932. The largest absolute Gasteiger partial charge is 0.480 e. The zero-order chi connectivity index (χ0) is 21.9. The summed E-state index contributed by atoms with van der Waals surface area (Å²) in [6, 6.07) is 8.31. The number of carboxylic acid groups (broad SMARTS) is 1. The molecule has 1 aliphatic rings. The minimum absolute atomic E-state index is 0.0839. The minimum Gasteiger partial charge on any atom is -0.480 e. The third-order valence-corrected chi connectivity index (χ3v) is 4.46. The zero-order valence-electron chi connectivity index (χ0n) is 17.2. The van der Waals surface area contributed by atoms with Crippen LogP contribution in [0.1, 0.15) is 54.1 Å². The molecule has 0 aliphatic carbocycles. The number of carbonyl (C=O) groups excluding carboxylic acids is 2. The number of ether oxygens (including phenoxy) is 2. The molecule has 1 unspecified atom stereocenters. The van der Waals surface area contributed by atoms with Crippen molar-refractivity contribution in [2.24, 2.45) is 0 Å². The van der Waals surface area contributed by atoms with Crippen molar-refractivity contribution in [3.63, 3.8) is 0 Å². The Kier molecular flexibility index (Phi) is 6.33. The van der Waals surface area contributed by atoms with Gasteiger partial charge in [0.25, 0.3) is 0 Å². The van der Waals surface area contributed by atoms with E-state index in [0.717, 1.165) is 5.56 Å². The van der Waals surface area contributed by atoms with Gasteiger partial charge in [-0.25, -0.2) is 0 Å². The van der Waals surface area contributed by atoms with Crippen LogP contribution >= 0.6 is 0 Å². The van der Waals surface area contributed by atoms with E-state index >= 15 is 0 Å². The topological polar surface area (TPSA) is 122 Å². The van der Waals surface area contributed by atoms with Crippen molar-refractivity contribution in [2.45, 2.75) is 45.6 Å². The fourth-order valence-corrected chi connectivity index (χ4v) is 3.34. The van der Waals surface area contributed by atoms with E-state index in [1.165, 1.54) is 4.90 Å². The number of aromatic amines is 1. The lowest BCUT2D eigenvalue weighted by atomic mass is 9.96. The summed E-state index contributed by atoms with van der Waals surface area (Å²) >= 11 is 0. The van der Waals surface area contributed by atoms with Gasteiger partial charge in [0.1, 0.15) is 11.3 Å². The molecule has 0 bridgehead atoms. The molecule has 0 saturated heterocycles. The second-order valence-corrected chi connectivity index (χ2v) is 8.10. The Labute approximate surface area is 174 Å². The molecule has 2 heterocycles. The monoisotopic (exact) mass is 415 g/mol. The van der Waals surface area contributed by atoms with E-state index in [9.17, 15) is 19.5 Å². The molecular formula is C21H25N3O6. The second-order valence-electron chi connectivity index (χ2n) is 8.10. The number of hydrogen-bond donors (Lipinski definition) is 2. The molecule has 30 heavy (non-hydrogen) atoms.